The third-order valence-electron chi connectivity index (χ3n) is 3.39. The maximum absolute atomic E-state index is 5.02. The van der Waals surface area contributed by atoms with Gasteiger partial charge in [-0.3, -0.25) is 4.90 Å². The first-order chi connectivity index (χ1) is 8.38. The Morgan fingerprint density at radius 3 is 2.29 bits per heavy atom. The highest BCUT2D eigenvalue weighted by atomic mass is 16.6. The number of nitrogens with two attached hydrogens (primary N) is 1. The molecule has 2 rings (SSSR count). The Labute approximate surface area is 104 Å². The van der Waals surface area contributed by atoms with Crippen LogP contribution < -0.4 is 5.90 Å². The third-order valence-corrected chi connectivity index (χ3v) is 3.39. The van der Waals surface area contributed by atoms with Gasteiger partial charge >= 0.3 is 0 Å². The SMILES string of the molecule is NOCCc1ccc(CN2CCCCC2)cc1. The van der Waals surface area contributed by atoms with E-state index in [1.165, 1.54) is 43.5 Å². The topological polar surface area (TPSA) is 38.5 Å². The Kier molecular flexibility index (Phi) is 4.98. The molecule has 0 spiro atoms. The average molecular weight is 234 g/mol. The molecule has 0 unspecified atom stereocenters. The molecule has 0 radical (unpaired) electrons. The van der Waals surface area contributed by atoms with E-state index in [-0.39, 0.29) is 0 Å². The fraction of sp³-hybridized carbons (Fsp3) is 0.571. The van der Waals surface area contributed by atoms with Crippen molar-refractivity contribution in [1.82, 2.24) is 4.90 Å². The summed E-state index contributed by atoms with van der Waals surface area (Å²) in [5, 5.41) is 0. The van der Waals surface area contributed by atoms with Crippen molar-refractivity contribution in [2.45, 2.75) is 32.2 Å². The van der Waals surface area contributed by atoms with E-state index in [2.05, 4.69) is 34.0 Å². The Bertz CT molecular complexity index is 317. The molecule has 17 heavy (non-hydrogen) atoms. The van der Waals surface area contributed by atoms with E-state index >= 15 is 0 Å². The largest absolute Gasteiger partial charge is 0.304 e. The Morgan fingerprint density at radius 2 is 1.65 bits per heavy atom. The van der Waals surface area contributed by atoms with E-state index in [1.807, 2.05) is 0 Å². The third kappa shape index (κ3) is 4.11. The van der Waals surface area contributed by atoms with Crippen LogP contribution in [0.5, 0.6) is 0 Å². The van der Waals surface area contributed by atoms with E-state index in [0.717, 1.165) is 13.0 Å². The first kappa shape index (κ1) is 12.6. The van der Waals surface area contributed by atoms with Gasteiger partial charge in [0.2, 0.25) is 0 Å². The highest BCUT2D eigenvalue weighted by Crippen LogP contribution is 2.13. The smallest absolute Gasteiger partial charge is 0.0719 e. The molecule has 1 aliphatic heterocycles. The molecule has 1 aliphatic rings. The van der Waals surface area contributed by atoms with Crippen LogP contribution >= 0.6 is 0 Å². The Hall–Kier alpha value is -0.900. The number of hydrogen-bond donors (Lipinski definition) is 1. The second-order valence-corrected chi connectivity index (χ2v) is 4.77. The molecule has 0 aromatic heterocycles. The highest BCUT2D eigenvalue weighted by Gasteiger charge is 2.09. The molecule has 94 valence electrons. The molecule has 2 N–H and O–H groups in total. The minimum Gasteiger partial charge on any atom is -0.304 e. The molecule has 0 aliphatic carbocycles. The number of likely N-dealkylation sites (tertiary alicyclic amines) is 1. The van der Waals surface area contributed by atoms with Crippen LogP contribution in [0.4, 0.5) is 0 Å². The van der Waals surface area contributed by atoms with E-state index < -0.39 is 0 Å². The molecule has 1 saturated heterocycles. The highest BCUT2D eigenvalue weighted by molar-refractivity contribution is 5.22. The molecule has 1 heterocycles. The van der Waals surface area contributed by atoms with E-state index in [9.17, 15) is 0 Å². The van der Waals surface area contributed by atoms with Gasteiger partial charge in [-0.15, -0.1) is 0 Å². The van der Waals surface area contributed by atoms with Crippen molar-refractivity contribution < 1.29 is 4.84 Å². The summed E-state index contributed by atoms with van der Waals surface area (Å²) >= 11 is 0. The van der Waals surface area contributed by atoms with Crippen LogP contribution in [0.2, 0.25) is 0 Å². The molecular formula is C14H22N2O. The van der Waals surface area contributed by atoms with Gasteiger partial charge in [0.1, 0.15) is 0 Å². The van der Waals surface area contributed by atoms with Gasteiger partial charge in [-0.05, 0) is 43.5 Å². The lowest BCUT2D eigenvalue weighted by molar-refractivity contribution is 0.141. The minimum absolute atomic E-state index is 0.589. The standard InChI is InChI=1S/C14H22N2O/c15-17-11-8-13-4-6-14(7-5-13)12-16-9-2-1-3-10-16/h4-7H,1-3,8-12,15H2. The van der Waals surface area contributed by atoms with Crippen LogP contribution in [0.25, 0.3) is 0 Å². The molecule has 0 saturated carbocycles. The first-order valence-electron chi connectivity index (χ1n) is 6.50. The predicted octanol–water partition coefficient (Wildman–Crippen LogP) is 2.11. The van der Waals surface area contributed by atoms with Gasteiger partial charge in [-0.25, -0.2) is 5.90 Å². The second-order valence-electron chi connectivity index (χ2n) is 4.77. The Morgan fingerprint density at radius 1 is 1.00 bits per heavy atom. The molecule has 0 amide bonds. The summed E-state index contributed by atoms with van der Waals surface area (Å²) in [6.07, 6.45) is 4.99. The van der Waals surface area contributed by atoms with Crippen LogP contribution in [-0.2, 0) is 17.8 Å². The van der Waals surface area contributed by atoms with Gasteiger partial charge in [0.15, 0.2) is 0 Å². The zero-order chi connectivity index (χ0) is 11.9. The number of piperidine rings is 1. The Balaban J connectivity index is 1.84. The fourth-order valence-electron chi connectivity index (χ4n) is 2.36. The monoisotopic (exact) mass is 234 g/mol. The summed E-state index contributed by atoms with van der Waals surface area (Å²) in [5.74, 6) is 5.02. The predicted molar refractivity (Wildman–Crippen MR) is 69.4 cm³/mol. The van der Waals surface area contributed by atoms with Crippen molar-refractivity contribution in [2.75, 3.05) is 19.7 Å². The molecular weight excluding hydrogens is 212 g/mol. The lowest BCUT2D eigenvalue weighted by atomic mass is 10.1. The van der Waals surface area contributed by atoms with E-state index in [0.29, 0.717) is 6.61 Å². The van der Waals surface area contributed by atoms with Gasteiger partial charge in [-0.1, -0.05) is 30.7 Å². The van der Waals surface area contributed by atoms with E-state index in [1.54, 1.807) is 0 Å². The van der Waals surface area contributed by atoms with Gasteiger partial charge in [0, 0.05) is 6.54 Å². The lowest BCUT2D eigenvalue weighted by Crippen LogP contribution is -2.29. The van der Waals surface area contributed by atoms with Gasteiger partial charge in [0.25, 0.3) is 0 Å². The number of nitrogens with zero attached hydrogens (tertiary/aromatic N) is 1. The van der Waals surface area contributed by atoms with Crippen molar-refractivity contribution in [3.05, 3.63) is 35.4 Å². The molecule has 3 nitrogen and oxygen atoms in total. The molecule has 3 heteroatoms. The van der Waals surface area contributed by atoms with Crippen molar-refractivity contribution in [1.29, 1.82) is 0 Å². The average Bonchev–Trinajstić information content (AvgIpc) is 2.39. The summed E-state index contributed by atoms with van der Waals surface area (Å²) in [6, 6.07) is 8.80. The van der Waals surface area contributed by atoms with Crippen LogP contribution in [0, 0.1) is 0 Å². The maximum atomic E-state index is 5.02. The second kappa shape index (κ2) is 6.74. The van der Waals surface area contributed by atoms with Gasteiger partial charge in [0.05, 0.1) is 6.61 Å². The summed E-state index contributed by atoms with van der Waals surface area (Å²) < 4.78 is 0. The zero-order valence-corrected chi connectivity index (χ0v) is 10.4. The van der Waals surface area contributed by atoms with Crippen LogP contribution in [-0.4, -0.2) is 24.6 Å². The number of benzene rings is 1. The molecule has 0 atom stereocenters. The van der Waals surface area contributed by atoms with Crippen molar-refractivity contribution in [2.24, 2.45) is 5.90 Å². The normalized spacial score (nSPS) is 17.2. The molecule has 1 aromatic carbocycles. The molecule has 0 bridgehead atoms. The number of rotatable bonds is 5. The van der Waals surface area contributed by atoms with E-state index in [4.69, 9.17) is 5.90 Å². The molecule has 1 fully saturated rings. The van der Waals surface area contributed by atoms with Crippen LogP contribution in [0.3, 0.4) is 0 Å². The first-order valence-corrected chi connectivity index (χ1v) is 6.50. The van der Waals surface area contributed by atoms with Crippen molar-refractivity contribution in [3.63, 3.8) is 0 Å². The summed E-state index contributed by atoms with van der Waals surface area (Å²) in [6.45, 7) is 4.19. The quantitative estimate of drug-likeness (QED) is 0.793. The summed E-state index contributed by atoms with van der Waals surface area (Å²) in [7, 11) is 0. The van der Waals surface area contributed by atoms with Crippen LogP contribution in [0.1, 0.15) is 30.4 Å². The maximum Gasteiger partial charge on any atom is 0.0719 e. The molecule has 1 aromatic rings. The minimum atomic E-state index is 0.589. The van der Waals surface area contributed by atoms with Crippen LogP contribution in [0.15, 0.2) is 24.3 Å². The fourth-order valence-corrected chi connectivity index (χ4v) is 2.36. The van der Waals surface area contributed by atoms with Crippen molar-refractivity contribution in [3.8, 4) is 0 Å². The number of hydrogen-bond acceptors (Lipinski definition) is 3. The zero-order valence-electron chi connectivity index (χ0n) is 10.4. The summed E-state index contributed by atoms with van der Waals surface area (Å²) in [5.41, 5.74) is 2.70. The van der Waals surface area contributed by atoms with Gasteiger partial charge in [-0.2, -0.15) is 0 Å². The lowest BCUT2D eigenvalue weighted by Gasteiger charge is -2.26. The van der Waals surface area contributed by atoms with Crippen molar-refractivity contribution >= 4 is 0 Å². The summed E-state index contributed by atoms with van der Waals surface area (Å²) in [4.78, 5) is 7.13. The van der Waals surface area contributed by atoms with Gasteiger partial charge < -0.3 is 4.84 Å².